The van der Waals surface area contributed by atoms with Crippen molar-refractivity contribution in [2.24, 2.45) is 0 Å². The van der Waals surface area contributed by atoms with Crippen LogP contribution in [0.1, 0.15) is 22.7 Å². The van der Waals surface area contributed by atoms with Crippen molar-refractivity contribution in [2.75, 3.05) is 26.2 Å². The van der Waals surface area contributed by atoms with E-state index in [0.29, 0.717) is 35.6 Å². The fraction of sp³-hybridized carbons (Fsp3) is 0.381. The standard InChI is InChI=1S/C21H23ClN4O4S2/c1-13-14(2)31-21-19(13)20(28)23-17(24-21)7-8-18(27)25-9-11-26(12-10-25)32(29,30)16-6-4-3-5-15(16)22/h3-6H,7-12H2,1-2H3,(H,23,24,28). The van der Waals surface area contributed by atoms with E-state index >= 15 is 0 Å². The van der Waals surface area contributed by atoms with E-state index in [9.17, 15) is 18.0 Å². The molecule has 3 aromatic rings. The summed E-state index contributed by atoms with van der Waals surface area (Å²) in [5, 5.41) is 0.791. The van der Waals surface area contributed by atoms with Crippen molar-refractivity contribution in [3.05, 3.63) is 55.9 Å². The number of aryl methyl sites for hydroxylation is 3. The van der Waals surface area contributed by atoms with Crippen LogP contribution in [0.25, 0.3) is 10.2 Å². The first-order valence-electron chi connectivity index (χ1n) is 10.2. The Balaban J connectivity index is 1.38. The zero-order valence-electron chi connectivity index (χ0n) is 17.7. The summed E-state index contributed by atoms with van der Waals surface area (Å²) < 4.78 is 27.1. The molecule has 1 N–H and O–H groups in total. The minimum Gasteiger partial charge on any atom is -0.340 e. The Morgan fingerprint density at radius 3 is 2.56 bits per heavy atom. The molecule has 0 unspecified atom stereocenters. The number of fused-ring (bicyclic) bond motifs is 1. The largest absolute Gasteiger partial charge is 0.340 e. The van der Waals surface area contributed by atoms with Crippen molar-refractivity contribution < 1.29 is 13.2 Å². The number of thiophene rings is 1. The molecular formula is C21H23ClN4O4S2. The van der Waals surface area contributed by atoms with Crippen molar-refractivity contribution in [3.8, 4) is 0 Å². The Bertz CT molecular complexity index is 1340. The third-order valence-electron chi connectivity index (χ3n) is 5.71. The number of carbonyl (C=O) groups is 1. The second-order valence-corrected chi connectivity index (χ2v) is 11.2. The molecule has 1 saturated heterocycles. The van der Waals surface area contributed by atoms with Gasteiger partial charge in [-0.15, -0.1) is 11.3 Å². The van der Waals surface area contributed by atoms with Gasteiger partial charge in [0.25, 0.3) is 5.56 Å². The molecule has 0 radical (unpaired) electrons. The van der Waals surface area contributed by atoms with Crippen LogP contribution in [0.3, 0.4) is 0 Å². The highest BCUT2D eigenvalue weighted by Gasteiger charge is 2.31. The molecule has 0 bridgehead atoms. The van der Waals surface area contributed by atoms with E-state index in [0.717, 1.165) is 10.4 Å². The van der Waals surface area contributed by atoms with Crippen LogP contribution in [0.15, 0.2) is 34.0 Å². The summed E-state index contributed by atoms with van der Waals surface area (Å²) in [7, 11) is -3.71. The molecule has 1 aliphatic heterocycles. The smallest absolute Gasteiger partial charge is 0.259 e. The number of H-pyrrole nitrogens is 1. The predicted octanol–water partition coefficient (Wildman–Crippen LogP) is 2.72. The van der Waals surface area contributed by atoms with E-state index in [4.69, 9.17) is 11.6 Å². The number of hydrogen-bond donors (Lipinski definition) is 1. The van der Waals surface area contributed by atoms with Gasteiger partial charge in [-0.3, -0.25) is 9.59 Å². The molecule has 170 valence electrons. The molecule has 32 heavy (non-hydrogen) atoms. The Kier molecular flexibility index (Phi) is 6.39. The molecule has 1 aromatic carbocycles. The third-order valence-corrected chi connectivity index (χ3v) is 9.21. The number of rotatable bonds is 5. The van der Waals surface area contributed by atoms with E-state index in [2.05, 4.69) is 9.97 Å². The molecule has 11 heteroatoms. The maximum Gasteiger partial charge on any atom is 0.259 e. The number of amides is 1. The maximum absolute atomic E-state index is 12.9. The van der Waals surface area contributed by atoms with Gasteiger partial charge < -0.3 is 9.88 Å². The number of nitrogens with zero attached hydrogens (tertiary/aromatic N) is 3. The molecule has 0 saturated carbocycles. The van der Waals surface area contributed by atoms with Crippen LogP contribution in [-0.2, 0) is 21.2 Å². The van der Waals surface area contributed by atoms with E-state index in [1.807, 2.05) is 13.8 Å². The molecule has 0 aliphatic carbocycles. The quantitative estimate of drug-likeness (QED) is 0.587. The number of aromatic amines is 1. The van der Waals surface area contributed by atoms with Gasteiger partial charge in [0.1, 0.15) is 15.6 Å². The Labute approximate surface area is 194 Å². The van der Waals surface area contributed by atoms with Crippen LogP contribution >= 0.6 is 22.9 Å². The number of sulfonamides is 1. The summed E-state index contributed by atoms with van der Waals surface area (Å²) in [4.78, 5) is 35.8. The van der Waals surface area contributed by atoms with Crippen molar-refractivity contribution >= 4 is 49.1 Å². The molecule has 8 nitrogen and oxygen atoms in total. The maximum atomic E-state index is 12.9. The van der Waals surface area contributed by atoms with Gasteiger partial charge in [0, 0.05) is 43.9 Å². The molecule has 0 spiro atoms. The predicted molar refractivity (Wildman–Crippen MR) is 125 cm³/mol. The summed E-state index contributed by atoms with van der Waals surface area (Å²) >= 11 is 7.54. The van der Waals surface area contributed by atoms with E-state index < -0.39 is 10.0 Å². The van der Waals surface area contributed by atoms with E-state index in [1.165, 1.54) is 21.7 Å². The first-order chi connectivity index (χ1) is 15.2. The SMILES string of the molecule is Cc1sc2nc(CCC(=O)N3CCN(S(=O)(=O)c4ccccc4Cl)CC3)[nH]c(=O)c2c1C. The third kappa shape index (κ3) is 4.32. The summed E-state index contributed by atoms with van der Waals surface area (Å²) in [6.07, 6.45) is 0.507. The first kappa shape index (κ1) is 22.9. The first-order valence-corrected chi connectivity index (χ1v) is 12.8. The Morgan fingerprint density at radius 1 is 1.19 bits per heavy atom. The fourth-order valence-electron chi connectivity index (χ4n) is 3.77. The Morgan fingerprint density at radius 2 is 1.88 bits per heavy atom. The molecule has 1 aliphatic rings. The number of carbonyl (C=O) groups excluding carboxylic acids is 1. The highest BCUT2D eigenvalue weighted by Crippen LogP contribution is 2.26. The number of aromatic nitrogens is 2. The van der Waals surface area contributed by atoms with Crippen molar-refractivity contribution in [3.63, 3.8) is 0 Å². The lowest BCUT2D eigenvalue weighted by Crippen LogP contribution is -2.50. The van der Waals surface area contributed by atoms with Gasteiger partial charge >= 0.3 is 0 Å². The molecule has 0 atom stereocenters. The average molecular weight is 495 g/mol. The number of nitrogens with one attached hydrogen (secondary N) is 1. The monoisotopic (exact) mass is 494 g/mol. The van der Waals surface area contributed by atoms with Gasteiger partial charge in [-0.1, -0.05) is 23.7 Å². The van der Waals surface area contributed by atoms with Gasteiger partial charge in [0.2, 0.25) is 15.9 Å². The number of halogens is 1. The highest BCUT2D eigenvalue weighted by molar-refractivity contribution is 7.89. The lowest BCUT2D eigenvalue weighted by Gasteiger charge is -2.34. The minimum atomic E-state index is -3.71. The van der Waals surface area contributed by atoms with Crippen LogP contribution in [0.5, 0.6) is 0 Å². The number of hydrogen-bond acceptors (Lipinski definition) is 6. The normalized spacial score (nSPS) is 15.4. The van der Waals surface area contributed by atoms with Crippen LogP contribution in [-0.4, -0.2) is 59.7 Å². The summed E-state index contributed by atoms with van der Waals surface area (Å²) in [5.74, 6) is 0.387. The molecule has 4 rings (SSSR count). The summed E-state index contributed by atoms with van der Waals surface area (Å²) in [6, 6.07) is 6.34. The average Bonchev–Trinajstić information content (AvgIpc) is 3.06. The Hall–Kier alpha value is -2.27. The highest BCUT2D eigenvalue weighted by atomic mass is 35.5. The molecule has 2 aromatic heterocycles. The lowest BCUT2D eigenvalue weighted by molar-refractivity contribution is -0.132. The van der Waals surface area contributed by atoms with Crippen molar-refractivity contribution in [1.29, 1.82) is 0 Å². The zero-order chi connectivity index (χ0) is 23.0. The second-order valence-electron chi connectivity index (χ2n) is 7.69. The summed E-state index contributed by atoms with van der Waals surface area (Å²) in [6.45, 7) is 4.86. The van der Waals surface area contributed by atoms with E-state index in [1.54, 1.807) is 23.1 Å². The molecule has 1 amide bonds. The molecular weight excluding hydrogens is 472 g/mol. The van der Waals surface area contributed by atoms with Crippen molar-refractivity contribution in [2.45, 2.75) is 31.6 Å². The second kappa shape index (κ2) is 8.93. The van der Waals surface area contributed by atoms with Crippen LogP contribution < -0.4 is 5.56 Å². The van der Waals surface area contributed by atoms with Crippen LogP contribution in [0.2, 0.25) is 5.02 Å². The molecule has 3 heterocycles. The van der Waals surface area contributed by atoms with Gasteiger partial charge in [0.05, 0.1) is 10.4 Å². The van der Waals surface area contributed by atoms with Crippen LogP contribution in [0, 0.1) is 13.8 Å². The fourth-order valence-corrected chi connectivity index (χ4v) is 6.74. The van der Waals surface area contributed by atoms with Gasteiger partial charge in [-0.05, 0) is 31.5 Å². The lowest BCUT2D eigenvalue weighted by atomic mass is 10.2. The topological polar surface area (TPSA) is 103 Å². The minimum absolute atomic E-state index is 0.0749. The van der Waals surface area contributed by atoms with Gasteiger partial charge in [-0.25, -0.2) is 13.4 Å². The summed E-state index contributed by atoms with van der Waals surface area (Å²) in [5.41, 5.74) is 0.753. The van der Waals surface area contributed by atoms with E-state index in [-0.39, 0.29) is 40.9 Å². The van der Waals surface area contributed by atoms with Crippen molar-refractivity contribution in [1.82, 2.24) is 19.2 Å². The molecule has 1 fully saturated rings. The number of benzene rings is 1. The van der Waals surface area contributed by atoms with Gasteiger partial charge in [0.15, 0.2) is 0 Å². The van der Waals surface area contributed by atoms with Gasteiger partial charge in [-0.2, -0.15) is 4.31 Å². The van der Waals surface area contributed by atoms with Crippen LogP contribution in [0.4, 0.5) is 0 Å². The number of piperazine rings is 1. The zero-order valence-corrected chi connectivity index (χ0v) is 20.1.